The lowest BCUT2D eigenvalue weighted by atomic mass is 10.0. The van der Waals surface area contributed by atoms with Gasteiger partial charge in [0.15, 0.2) is 11.5 Å². The third-order valence-electron chi connectivity index (χ3n) is 6.58. The average molecular weight is 580 g/mol. The number of ether oxygens (including phenoxy) is 2. The van der Waals surface area contributed by atoms with Crippen molar-refractivity contribution in [3.63, 3.8) is 0 Å². The Balaban J connectivity index is 1.57. The lowest BCUT2D eigenvalue weighted by molar-refractivity contribution is -0.141. The molecular weight excluding hydrogens is 544 g/mol. The monoisotopic (exact) mass is 578 g/mol. The van der Waals surface area contributed by atoms with E-state index < -0.39 is 6.04 Å². The highest BCUT2D eigenvalue weighted by atomic mass is 79.9. The summed E-state index contributed by atoms with van der Waals surface area (Å²) in [6.07, 6.45) is 3.15. The standard InChI is InChI=1S/C31H35BrN2O4/c1-2-3-16-33-31(36)27(20-23-8-5-4-6-9-23)34(22-25-10-7-11-26(32)19-25)30(35)15-13-24-12-14-28-29(21-24)38-18-17-37-28/h4-12,14,19,21,27H,2-3,13,15-18,20,22H2,1H3,(H,33,36). The van der Waals surface area contributed by atoms with Crippen molar-refractivity contribution in [2.45, 2.75) is 51.6 Å². The normalized spacial score (nSPS) is 13.0. The van der Waals surface area contributed by atoms with Crippen LogP contribution in [-0.4, -0.2) is 42.5 Å². The van der Waals surface area contributed by atoms with E-state index in [2.05, 4.69) is 28.2 Å². The lowest BCUT2D eigenvalue weighted by Crippen LogP contribution is -2.50. The van der Waals surface area contributed by atoms with Crippen LogP contribution in [0.4, 0.5) is 0 Å². The molecule has 0 aromatic heterocycles. The Bertz CT molecular complexity index is 1220. The van der Waals surface area contributed by atoms with Crippen molar-refractivity contribution in [1.82, 2.24) is 10.2 Å². The Hall–Kier alpha value is -3.32. The Morgan fingerprint density at radius 3 is 2.45 bits per heavy atom. The van der Waals surface area contributed by atoms with Crippen molar-refractivity contribution in [3.8, 4) is 11.5 Å². The van der Waals surface area contributed by atoms with Crippen LogP contribution in [0, 0.1) is 0 Å². The number of hydrogen-bond donors (Lipinski definition) is 1. The first kappa shape index (κ1) is 27.7. The summed E-state index contributed by atoms with van der Waals surface area (Å²) in [6.45, 7) is 4.09. The van der Waals surface area contributed by atoms with Crippen molar-refractivity contribution in [1.29, 1.82) is 0 Å². The molecule has 0 spiro atoms. The molecule has 6 nitrogen and oxygen atoms in total. The van der Waals surface area contributed by atoms with E-state index in [4.69, 9.17) is 9.47 Å². The predicted molar refractivity (Wildman–Crippen MR) is 152 cm³/mol. The van der Waals surface area contributed by atoms with Crippen LogP contribution in [0.1, 0.15) is 42.9 Å². The Morgan fingerprint density at radius 1 is 0.921 bits per heavy atom. The number of benzene rings is 3. The van der Waals surface area contributed by atoms with E-state index in [1.165, 1.54) is 0 Å². The number of rotatable bonds is 12. The van der Waals surface area contributed by atoms with Crippen LogP contribution in [0.5, 0.6) is 11.5 Å². The quantitative estimate of drug-likeness (QED) is 0.279. The van der Waals surface area contributed by atoms with Crippen LogP contribution in [0.3, 0.4) is 0 Å². The van der Waals surface area contributed by atoms with Crippen LogP contribution in [-0.2, 0) is 29.0 Å². The SMILES string of the molecule is CCCCNC(=O)C(Cc1ccccc1)N(Cc1cccc(Br)c1)C(=O)CCc1ccc2c(c1)OCCO2. The van der Waals surface area contributed by atoms with Gasteiger partial charge in [0.1, 0.15) is 19.3 Å². The van der Waals surface area contributed by atoms with E-state index in [9.17, 15) is 9.59 Å². The van der Waals surface area contributed by atoms with Gasteiger partial charge in [0, 0.05) is 30.4 Å². The molecule has 0 bridgehead atoms. The minimum Gasteiger partial charge on any atom is -0.486 e. The van der Waals surface area contributed by atoms with Gasteiger partial charge in [-0.05, 0) is 53.8 Å². The number of hydrogen-bond acceptors (Lipinski definition) is 4. The summed E-state index contributed by atoms with van der Waals surface area (Å²) >= 11 is 3.54. The fourth-order valence-electron chi connectivity index (χ4n) is 4.53. The van der Waals surface area contributed by atoms with Gasteiger partial charge < -0.3 is 19.7 Å². The summed E-state index contributed by atoms with van der Waals surface area (Å²) in [6, 6.07) is 23.0. The van der Waals surface area contributed by atoms with Crippen LogP contribution in [0.15, 0.2) is 77.3 Å². The zero-order chi connectivity index (χ0) is 26.7. The lowest BCUT2D eigenvalue weighted by Gasteiger charge is -2.32. The van der Waals surface area contributed by atoms with E-state index in [0.29, 0.717) is 44.9 Å². The second-order valence-electron chi connectivity index (χ2n) is 9.48. The molecule has 1 atom stereocenters. The van der Waals surface area contributed by atoms with Gasteiger partial charge in [-0.3, -0.25) is 9.59 Å². The minimum atomic E-state index is -0.624. The molecule has 1 aliphatic heterocycles. The van der Waals surface area contributed by atoms with Gasteiger partial charge in [-0.1, -0.05) is 77.8 Å². The van der Waals surface area contributed by atoms with E-state index in [1.54, 1.807) is 4.90 Å². The summed E-state index contributed by atoms with van der Waals surface area (Å²) in [5.74, 6) is 1.26. The zero-order valence-electron chi connectivity index (χ0n) is 21.8. The van der Waals surface area contributed by atoms with Gasteiger partial charge in [0.25, 0.3) is 0 Å². The number of unbranched alkanes of at least 4 members (excludes halogenated alkanes) is 1. The summed E-state index contributed by atoms with van der Waals surface area (Å²) in [5, 5.41) is 3.07. The molecule has 3 aromatic carbocycles. The fourth-order valence-corrected chi connectivity index (χ4v) is 4.98. The number of nitrogens with zero attached hydrogens (tertiary/aromatic N) is 1. The van der Waals surface area contributed by atoms with Crippen molar-refractivity contribution in [3.05, 3.63) is 94.0 Å². The van der Waals surface area contributed by atoms with Crippen LogP contribution < -0.4 is 14.8 Å². The minimum absolute atomic E-state index is 0.0635. The van der Waals surface area contributed by atoms with Crippen molar-refractivity contribution in [2.75, 3.05) is 19.8 Å². The summed E-state index contributed by atoms with van der Waals surface area (Å²) in [7, 11) is 0. The Labute approximate surface area is 233 Å². The summed E-state index contributed by atoms with van der Waals surface area (Å²) in [4.78, 5) is 29.1. The molecule has 1 heterocycles. The van der Waals surface area contributed by atoms with E-state index >= 15 is 0 Å². The molecule has 0 aliphatic carbocycles. The van der Waals surface area contributed by atoms with Gasteiger partial charge in [-0.2, -0.15) is 0 Å². The zero-order valence-corrected chi connectivity index (χ0v) is 23.4. The van der Waals surface area contributed by atoms with E-state index in [-0.39, 0.29) is 18.2 Å². The van der Waals surface area contributed by atoms with Gasteiger partial charge in [-0.15, -0.1) is 0 Å². The topological polar surface area (TPSA) is 67.9 Å². The molecule has 2 amide bonds. The first-order chi connectivity index (χ1) is 18.5. The van der Waals surface area contributed by atoms with E-state index in [0.717, 1.165) is 39.8 Å². The molecule has 1 aliphatic rings. The molecule has 0 fully saturated rings. The largest absolute Gasteiger partial charge is 0.486 e. The Kier molecular flexibility index (Phi) is 10.2. The highest BCUT2D eigenvalue weighted by Gasteiger charge is 2.30. The van der Waals surface area contributed by atoms with Crippen LogP contribution in [0.25, 0.3) is 0 Å². The molecule has 0 saturated carbocycles. The first-order valence-corrected chi connectivity index (χ1v) is 14.1. The van der Waals surface area contributed by atoms with Crippen molar-refractivity contribution < 1.29 is 19.1 Å². The number of amides is 2. The second-order valence-corrected chi connectivity index (χ2v) is 10.4. The van der Waals surface area contributed by atoms with Gasteiger partial charge in [-0.25, -0.2) is 0 Å². The maximum absolute atomic E-state index is 13.8. The van der Waals surface area contributed by atoms with E-state index in [1.807, 2.05) is 72.8 Å². The third-order valence-corrected chi connectivity index (χ3v) is 7.07. The molecule has 1 unspecified atom stereocenters. The number of nitrogens with one attached hydrogen (secondary N) is 1. The summed E-state index contributed by atoms with van der Waals surface area (Å²) < 4.78 is 12.3. The second kappa shape index (κ2) is 14.0. The molecule has 4 rings (SSSR count). The molecule has 0 saturated heterocycles. The Morgan fingerprint density at radius 2 is 1.68 bits per heavy atom. The maximum Gasteiger partial charge on any atom is 0.243 e. The molecule has 7 heteroatoms. The number of aryl methyl sites for hydroxylation is 1. The predicted octanol–water partition coefficient (Wildman–Crippen LogP) is 5.71. The smallest absolute Gasteiger partial charge is 0.243 e. The fraction of sp³-hybridized carbons (Fsp3) is 0.355. The summed E-state index contributed by atoms with van der Waals surface area (Å²) in [5.41, 5.74) is 2.98. The molecule has 3 aromatic rings. The van der Waals surface area contributed by atoms with Crippen molar-refractivity contribution >= 4 is 27.7 Å². The highest BCUT2D eigenvalue weighted by Crippen LogP contribution is 2.31. The molecular formula is C31H35BrN2O4. The highest BCUT2D eigenvalue weighted by molar-refractivity contribution is 9.10. The number of carbonyl (C=O) groups is 2. The third kappa shape index (κ3) is 7.84. The van der Waals surface area contributed by atoms with Crippen molar-refractivity contribution in [2.24, 2.45) is 0 Å². The molecule has 0 radical (unpaired) electrons. The average Bonchev–Trinajstić information content (AvgIpc) is 2.94. The number of halogens is 1. The number of carbonyl (C=O) groups excluding carboxylic acids is 2. The number of fused-ring (bicyclic) bond motifs is 1. The molecule has 38 heavy (non-hydrogen) atoms. The van der Waals surface area contributed by atoms with Gasteiger partial charge in [0.05, 0.1) is 0 Å². The molecule has 200 valence electrons. The maximum atomic E-state index is 13.8. The van der Waals surface area contributed by atoms with Crippen LogP contribution >= 0.6 is 15.9 Å². The van der Waals surface area contributed by atoms with Crippen LogP contribution in [0.2, 0.25) is 0 Å². The van der Waals surface area contributed by atoms with Gasteiger partial charge in [0.2, 0.25) is 11.8 Å². The van der Waals surface area contributed by atoms with Gasteiger partial charge >= 0.3 is 0 Å². The first-order valence-electron chi connectivity index (χ1n) is 13.3. The molecule has 1 N–H and O–H groups in total.